The zero-order chi connectivity index (χ0) is 25.9. The summed E-state index contributed by atoms with van der Waals surface area (Å²) >= 11 is 0. The maximum Gasteiger partial charge on any atom is 0.289 e. The van der Waals surface area contributed by atoms with Gasteiger partial charge in [0.15, 0.2) is 5.76 Å². The lowest BCUT2D eigenvalue weighted by Gasteiger charge is -2.33. The Morgan fingerprint density at radius 3 is 2.59 bits per heavy atom. The molecule has 7 heteroatoms. The second kappa shape index (κ2) is 10.5. The smallest absolute Gasteiger partial charge is 0.289 e. The molecule has 0 aliphatic carbocycles. The van der Waals surface area contributed by atoms with Gasteiger partial charge in [-0.3, -0.25) is 9.59 Å². The van der Waals surface area contributed by atoms with Crippen LogP contribution in [0.2, 0.25) is 0 Å². The summed E-state index contributed by atoms with van der Waals surface area (Å²) in [6, 6.07) is 19.7. The number of piperidine rings is 1. The van der Waals surface area contributed by atoms with Crippen molar-refractivity contribution in [2.75, 3.05) is 20.1 Å². The number of rotatable bonds is 6. The van der Waals surface area contributed by atoms with Crippen LogP contribution >= 0.6 is 0 Å². The standard InChI is InChI=1S/C30H32N4O3/c1-21-13-14-23(17-22(21)2)28-25(20-34(31-28)26-10-5-4-6-11-26)18-32(3)29(35)24-9-7-15-33(19-24)30(36)27-12-8-16-37-27/h4-6,8,10-14,16-17,20,24H,7,9,15,18-19H2,1-3H3/t24-/m1/s1. The molecule has 4 aromatic rings. The third kappa shape index (κ3) is 5.21. The van der Waals surface area contributed by atoms with E-state index in [2.05, 4.69) is 32.0 Å². The zero-order valence-corrected chi connectivity index (χ0v) is 21.6. The first kappa shape index (κ1) is 24.6. The Balaban J connectivity index is 1.38. The fraction of sp³-hybridized carbons (Fsp3) is 0.300. The summed E-state index contributed by atoms with van der Waals surface area (Å²) < 4.78 is 7.16. The first-order chi connectivity index (χ1) is 17.9. The number of carbonyl (C=O) groups is 2. The van der Waals surface area contributed by atoms with Crippen LogP contribution in [0.15, 0.2) is 77.5 Å². The summed E-state index contributed by atoms with van der Waals surface area (Å²) in [4.78, 5) is 29.8. The number of furan rings is 1. The molecule has 7 nitrogen and oxygen atoms in total. The van der Waals surface area contributed by atoms with Crippen LogP contribution in [0.1, 0.15) is 40.1 Å². The van der Waals surface area contributed by atoms with Gasteiger partial charge < -0.3 is 14.2 Å². The Hall–Kier alpha value is -4.13. The Kier molecular flexibility index (Phi) is 6.95. The molecule has 0 saturated carbocycles. The Morgan fingerprint density at radius 1 is 1.05 bits per heavy atom. The molecular weight excluding hydrogens is 464 g/mol. The maximum atomic E-state index is 13.5. The molecule has 5 rings (SSSR count). The number of benzene rings is 2. The predicted molar refractivity (Wildman–Crippen MR) is 142 cm³/mol. The van der Waals surface area contributed by atoms with Crippen LogP contribution in [-0.4, -0.2) is 51.5 Å². The van der Waals surface area contributed by atoms with Crippen LogP contribution in [0, 0.1) is 19.8 Å². The highest BCUT2D eigenvalue weighted by atomic mass is 16.3. The van der Waals surface area contributed by atoms with E-state index < -0.39 is 0 Å². The van der Waals surface area contributed by atoms with Gasteiger partial charge >= 0.3 is 0 Å². The highest BCUT2D eigenvalue weighted by Gasteiger charge is 2.32. The van der Waals surface area contributed by atoms with Crippen molar-refractivity contribution in [2.45, 2.75) is 33.2 Å². The highest BCUT2D eigenvalue weighted by molar-refractivity contribution is 5.92. The van der Waals surface area contributed by atoms with Crippen LogP contribution in [-0.2, 0) is 11.3 Å². The van der Waals surface area contributed by atoms with Crippen LogP contribution in [0.3, 0.4) is 0 Å². The second-order valence-electron chi connectivity index (χ2n) is 9.84. The first-order valence-electron chi connectivity index (χ1n) is 12.7. The number of aryl methyl sites for hydroxylation is 2. The summed E-state index contributed by atoms with van der Waals surface area (Å²) in [5.74, 6) is -0.0542. The van der Waals surface area contributed by atoms with Gasteiger partial charge in [0.25, 0.3) is 5.91 Å². The summed E-state index contributed by atoms with van der Waals surface area (Å²) in [5, 5.41) is 4.93. The fourth-order valence-electron chi connectivity index (χ4n) is 4.93. The topological polar surface area (TPSA) is 71.6 Å². The number of hydrogen-bond donors (Lipinski definition) is 0. The molecule has 2 aromatic heterocycles. The number of nitrogens with zero attached hydrogens (tertiary/aromatic N) is 4. The van der Waals surface area contributed by atoms with E-state index in [0.717, 1.165) is 35.3 Å². The van der Waals surface area contributed by atoms with Gasteiger partial charge in [-0.2, -0.15) is 5.10 Å². The molecule has 3 heterocycles. The first-order valence-corrected chi connectivity index (χ1v) is 12.7. The van der Waals surface area contributed by atoms with E-state index in [1.54, 1.807) is 21.9 Å². The maximum absolute atomic E-state index is 13.5. The molecule has 0 N–H and O–H groups in total. The van der Waals surface area contributed by atoms with Crippen molar-refractivity contribution >= 4 is 11.8 Å². The predicted octanol–water partition coefficient (Wildman–Crippen LogP) is 5.26. The fourth-order valence-corrected chi connectivity index (χ4v) is 4.93. The van der Waals surface area contributed by atoms with Gasteiger partial charge in [0.05, 0.1) is 23.6 Å². The van der Waals surface area contributed by atoms with Crippen molar-refractivity contribution in [3.63, 3.8) is 0 Å². The SMILES string of the molecule is Cc1ccc(-c2nn(-c3ccccc3)cc2CN(C)C(=O)[C@@H]2CCCN(C(=O)c3ccco3)C2)cc1C. The van der Waals surface area contributed by atoms with Gasteiger partial charge in [0.2, 0.25) is 5.91 Å². The van der Waals surface area contributed by atoms with Crippen molar-refractivity contribution in [3.05, 3.63) is 95.6 Å². The summed E-state index contributed by atoms with van der Waals surface area (Å²) in [6.45, 7) is 5.65. The molecule has 1 atom stereocenters. The summed E-state index contributed by atoms with van der Waals surface area (Å²) in [7, 11) is 1.83. The highest BCUT2D eigenvalue weighted by Crippen LogP contribution is 2.28. The van der Waals surface area contributed by atoms with Crippen LogP contribution in [0.5, 0.6) is 0 Å². The number of carbonyl (C=O) groups excluding carboxylic acids is 2. The van der Waals surface area contributed by atoms with E-state index in [1.807, 2.05) is 48.3 Å². The molecule has 1 aliphatic rings. The number of hydrogen-bond acceptors (Lipinski definition) is 4. The minimum atomic E-state index is -0.244. The Labute approximate surface area is 217 Å². The average molecular weight is 497 g/mol. The number of aromatic nitrogens is 2. The molecular formula is C30H32N4O3. The van der Waals surface area contributed by atoms with Crippen molar-refractivity contribution in [2.24, 2.45) is 5.92 Å². The zero-order valence-electron chi connectivity index (χ0n) is 21.6. The molecule has 37 heavy (non-hydrogen) atoms. The van der Waals surface area contributed by atoms with Crippen molar-refractivity contribution in [1.82, 2.24) is 19.6 Å². The lowest BCUT2D eigenvalue weighted by Crippen LogP contribution is -2.45. The minimum Gasteiger partial charge on any atom is -0.459 e. The van der Waals surface area contributed by atoms with Crippen molar-refractivity contribution in [3.8, 4) is 16.9 Å². The minimum absolute atomic E-state index is 0.0374. The average Bonchev–Trinajstić information content (AvgIpc) is 3.61. The molecule has 2 aromatic carbocycles. The van der Waals surface area contributed by atoms with Crippen molar-refractivity contribution < 1.29 is 14.0 Å². The Bertz CT molecular complexity index is 1390. The third-order valence-electron chi connectivity index (χ3n) is 7.16. The van der Waals surface area contributed by atoms with Gasteiger partial charge in [0.1, 0.15) is 0 Å². The molecule has 2 amide bonds. The van der Waals surface area contributed by atoms with E-state index in [9.17, 15) is 9.59 Å². The van der Waals surface area contributed by atoms with Crippen molar-refractivity contribution in [1.29, 1.82) is 0 Å². The molecule has 0 spiro atoms. The molecule has 190 valence electrons. The van der Waals surface area contributed by atoms with Gasteiger partial charge in [-0.15, -0.1) is 0 Å². The number of amides is 2. The second-order valence-corrected chi connectivity index (χ2v) is 9.84. The van der Waals surface area contributed by atoms with Gasteiger partial charge in [-0.25, -0.2) is 4.68 Å². The molecule has 0 radical (unpaired) electrons. The van der Waals surface area contributed by atoms with E-state index in [-0.39, 0.29) is 17.7 Å². The lowest BCUT2D eigenvalue weighted by atomic mass is 9.96. The molecule has 0 bridgehead atoms. The molecule has 0 unspecified atom stereocenters. The van der Waals surface area contributed by atoms with E-state index in [4.69, 9.17) is 9.52 Å². The Morgan fingerprint density at radius 2 is 1.86 bits per heavy atom. The van der Waals surface area contributed by atoms with Gasteiger partial charge in [0, 0.05) is 44.0 Å². The normalized spacial score (nSPS) is 15.5. The van der Waals surface area contributed by atoms with Crippen LogP contribution in [0.4, 0.5) is 0 Å². The monoisotopic (exact) mass is 496 g/mol. The third-order valence-corrected chi connectivity index (χ3v) is 7.16. The lowest BCUT2D eigenvalue weighted by molar-refractivity contribution is -0.136. The van der Waals surface area contributed by atoms with E-state index >= 15 is 0 Å². The van der Waals surface area contributed by atoms with Crippen LogP contribution in [0.25, 0.3) is 16.9 Å². The molecule has 1 aliphatic heterocycles. The van der Waals surface area contributed by atoms with E-state index in [0.29, 0.717) is 25.4 Å². The summed E-state index contributed by atoms with van der Waals surface area (Å²) in [5.41, 5.74) is 6.26. The molecule has 1 fully saturated rings. The summed E-state index contributed by atoms with van der Waals surface area (Å²) in [6.07, 6.45) is 5.06. The van der Waals surface area contributed by atoms with Gasteiger partial charge in [-0.1, -0.05) is 30.3 Å². The number of para-hydroxylation sites is 1. The van der Waals surface area contributed by atoms with E-state index in [1.165, 1.54) is 17.4 Å². The largest absolute Gasteiger partial charge is 0.459 e. The number of likely N-dealkylation sites (tertiary alicyclic amines) is 1. The van der Waals surface area contributed by atoms with Gasteiger partial charge in [-0.05, 0) is 68.1 Å². The molecule has 1 saturated heterocycles. The van der Waals surface area contributed by atoms with Crippen LogP contribution < -0.4 is 0 Å². The quantitative estimate of drug-likeness (QED) is 0.365.